The van der Waals surface area contributed by atoms with E-state index in [0.717, 1.165) is 11.1 Å². The Morgan fingerprint density at radius 3 is 2.44 bits per heavy atom. The normalized spacial score (nSPS) is 11.3. The Bertz CT molecular complexity index is 1370. The molecule has 0 atom stereocenters. The van der Waals surface area contributed by atoms with Gasteiger partial charge in [-0.05, 0) is 63.1 Å². The van der Waals surface area contributed by atoms with Crippen LogP contribution in [0, 0.1) is 6.92 Å². The summed E-state index contributed by atoms with van der Waals surface area (Å²) in [5, 5.41) is 12.7. The van der Waals surface area contributed by atoms with Crippen LogP contribution in [-0.4, -0.2) is 37.1 Å². The predicted molar refractivity (Wildman–Crippen MR) is 132 cm³/mol. The number of nitrogens with two attached hydrogens (primary N) is 1. The number of pyridine rings is 1. The molecule has 174 valence electrons. The second kappa shape index (κ2) is 8.81. The highest BCUT2D eigenvalue weighted by molar-refractivity contribution is 6.07. The number of rotatable bonds is 4. The predicted octanol–water partition coefficient (Wildman–Crippen LogP) is 3.85. The maximum Gasteiger partial charge on any atom is 0.324 e. The lowest BCUT2D eigenvalue weighted by Crippen LogP contribution is -2.40. The van der Waals surface area contributed by atoms with Crippen molar-refractivity contribution in [2.75, 3.05) is 16.4 Å². The summed E-state index contributed by atoms with van der Waals surface area (Å²) in [6.07, 6.45) is 4.61. The van der Waals surface area contributed by atoms with Gasteiger partial charge in [-0.15, -0.1) is 0 Å². The number of urea groups is 1. The maximum absolute atomic E-state index is 13.1. The van der Waals surface area contributed by atoms with Crippen LogP contribution < -0.4 is 21.7 Å². The van der Waals surface area contributed by atoms with E-state index in [-0.39, 0.29) is 11.7 Å². The number of aromatic nitrogens is 4. The molecule has 0 fully saturated rings. The third-order valence-corrected chi connectivity index (χ3v) is 4.92. The zero-order chi connectivity index (χ0) is 24.5. The average molecular weight is 459 g/mol. The number of aryl methyl sites for hydroxylation is 1. The van der Waals surface area contributed by atoms with Crippen molar-refractivity contribution in [3.63, 3.8) is 0 Å². The molecule has 0 saturated carbocycles. The number of carbonyl (C=O) groups excluding carboxylic acids is 2. The highest BCUT2D eigenvalue weighted by Crippen LogP contribution is 2.33. The van der Waals surface area contributed by atoms with E-state index in [1.807, 2.05) is 33.8 Å². The van der Waals surface area contributed by atoms with Crippen LogP contribution in [0.2, 0.25) is 0 Å². The summed E-state index contributed by atoms with van der Waals surface area (Å²) in [6.45, 7) is 7.65. The summed E-state index contributed by atoms with van der Waals surface area (Å²) >= 11 is 0. The lowest BCUT2D eigenvalue weighted by atomic mass is 10.0. The van der Waals surface area contributed by atoms with Gasteiger partial charge in [0, 0.05) is 29.2 Å². The number of nitrogens with one attached hydrogen (secondary N) is 3. The molecule has 0 spiro atoms. The number of fused-ring (bicyclic) bond motifs is 1. The van der Waals surface area contributed by atoms with Crippen molar-refractivity contribution in [2.45, 2.75) is 33.2 Å². The van der Waals surface area contributed by atoms with Gasteiger partial charge in [0.1, 0.15) is 17.7 Å². The summed E-state index contributed by atoms with van der Waals surface area (Å²) in [6, 6.07) is 10.3. The highest BCUT2D eigenvalue weighted by atomic mass is 16.2. The molecule has 34 heavy (non-hydrogen) atoms. The van der Waals surface area contributed by atoms with Crippen LogP contribution in [0.5, 0.6) is 0 Å². The van der Waals surface area contributed by atoms with Gasteiger partial charge in [0.25, 0.3) is 5.91 Å². The van der Waals surface area contributed by atoms with E-state index in [0.29, 0.717) is 28.1 Å². The highest BCUT2D eigenvalue weighted by Gasteiger charge is 2.24. The first-order valence-electron chi connectivity index (χ1n) is 10.7. The molecule has 0 unspecified atom stereocenters. The number of nitrogen functional groups attached to an aromatic ring is 1. The molecule has 3 aromatic heterocycles. The Morgan fingerprint density at radius 2 is 1.76 bits per heavy atom. The van der Waals surface area contributed by atoms with E-state index < -0.39 is 11.6 Å². The lowest BCUT2D eigenvalue weighted by molar-refractivity contribution is 0.0920. The van der Waals surface area contributed by atoms with E-state index in [1.54, 1.807) is 47.2 Å². The molecular formula is C24H26N8O2. The topological polar surface area (TPSA) is 139 Å². The number of benzene rings is 1. The number of hydrogen-bond acceptors (Lipinski definition) is 6. The number of anilines is 3. The minimum atomic E-state index is -0.424. The second-order valence-electron chi connectivity index (χ2n) is 8.94. The Labute approximate surface area is 196 Å². The van der Waals surface area contributed by atoms with Gasteiger partial charge in [-0.3, -0.25) is 10.1 Å². The van der Waals surface area contributed by atoms with Crippen LogP contribution in [0.1, 0.15) is 36.7 Å². The van der Waals surface area contributed by atoms with Crippen LogP contribution in [0.3, 0.4) is 0 Å². The SMILES string of the molecule is Cc1ccnc(NC(=O)Nc2ccc(-c3c(C(=O)NC(C)(C)C)cn4ncnc(N)c34)cc2)c1. The van der Waals surface area contributed by atoms with E-state index in [1.165, 1.54) is 6.33 Å². The largest absolute Gasteiger partial charge is 0.382 e. The fourth-order valence-corrected chi connectivity index (χ4v) is 3.51. The molecule has 10 nitrogen and oxygen atoms in total. The molecule has 0 aliphatic carbocycles. The molecule has 10 heteroatoms. The van der Waals surface area contributed by atoms with Gasteiger partial charge < -0.3 is 16.4 Å². The van der Waals surface area contributed by atoms with Crippen molar-refractivity contribution < 1.29 is 9.59 Å². The van der Waals surface area contributed by atoms with Crippen molar-refractivity contribution >= 4 is 34.8 Å². The number of amides is 3. The third kappa shape index (κ3) is 4.96. The van der Waals surface area contributed by atoms with Gasteiger partial charge in [0.05, 0.1) is 5.56 Å². The van der Waals surface area contributed by atoms with Gasteiger partial charge in [0.2, 0.25) is 0 Å². The van der Waals surface area contributed by atoms with Gasteiger partial charge in [-0.2, -0.15) is 5.10 Å². The standard InChI is InChI=1S/C24H26N8O2/c1-14-9-10-26-18(11-14)30-23(34)29-16-7-5-15(6-8-16)19-17(22(33)31-24(2,3)4)12-32-20(19)21(25)27-13-28-32/h5-13H,1-4H3,(H,31,33)(H2,25,27,28)(H2,26,29,30,34). The molecule has 4 rings (SSSR count). The van der Waals surface area contributed by atoms with Crippen molar-refractivity contribution in [2.24, 2.45) is 0 Å². The maximum atomic E-state index is 13.1. The van der Waals surface area contributed by atoms with Gasteiger partial charge in [0.15, 0.2) is 5.82 Å². The molecule has 4 aromatic rings. The fraction of sp³-hybridized carbons (Fsp3) is 0.208. The number of nitrogens with zero attached hydrogens (tertiary/aromatic N) is 4. The molecule has 3 amide bonds. The zero-order valence-corrected chi connectivity index (χ0v) is 19.4. The van der Waals surface area contributed by atoms with Crippen LogP contribution in [0.15, 0.2) is 55.1 Å². The first-order chi connectivity index (χ1) is 16.1. The van der Waals surface area contributed by atoms with Crippen molar-refractivity contribution in [3.8, 4) is 11.1 Å². The monoisotopic (exact) mass is 458 g/mol. The Morgan fingerprint density at radius 1 is 1.03 bits per heavy atom. The molecule has 0 saturated heterocycles. The van der Waals surface area contributed by atoms with Crippen LogP contribution in [0.4, 0.5) is 22.1 Å². The molecule has 0 radical (unpaired) electrons. The Kier molecular flexibility index (Phi) is 5.89. The molecular weight excluding hydrogens is 432 g/mol. The van der Waals surface area contributed by atoms with Crippen LogP contribution in [-0.2, 0) is 0 Å². The molecule has 5 N–H and O–H groups in total. The van der Waals surface area contributed by atoms with E-state index >= 15 is 0 Å². The number of hydrogen-bond donors (Lipinski definition) is 4. The van der Waals surface area contributed by atoms with E-state index in [9.17, 15) is 9.59 Å². The minimum Gasteiger partial charge on any atom is -0.382 e. The van der Waals surface area contributed by atoms with E-state index in [4.69, 9.17) is 5.73 Å². The molecule has 0 bridgehead atoms. The van der Waals surface area contributed by atoms with Crippen molar-refractivity contribution in [3.05, 3.63) is 66.2 Å². The van der Waals surface area contributed by atoms with Crippen LogP contribution in [0.25, 0.3) is 16.6 Å². The number of carbonyl (C=O) groups is 2. The summed E-state index contributed by atoms with van der Waals surface area (Å²) in [5.41, 5.74) is 9.57. The molecule has 3 heterocycles. The Hall–Kier alpha value is -4.47. The molecule has 1 aromatic carbocycles. The second-order valence-corrected chi connectivity index (χ2v) is 8.94. The fourth-order valence-electron chi connectivity index (χ4n) is 3.51. The smallest absolute Gasteiger partial charge is 0.324 e. The molecule has 0 aliphatic rings. The van der Waals surface area contributed by atoms with Gasteiger partial charge in [-0.25, -0.2) is 19.3 Å². The quantitative estimate of drug-likeness (QED) is 0.366. The summed E-state index contributed by atoms with van der Waals surface area (Å²) in [4.78, 5) is 33.6. The van der Waals surface area contributed by atoms with E-state index in [2.05, 4.69) is 31.0 Å². The third-order valence-electron chi connectivity index (χ3n) is 4.92. The van der Waals surface area contributed by atoms with Crippen molar-refractivity contribution in [1.82, 2.24) is 24.9 Å². The summed E-state index contributed by atoms with van der Waals surface area (Å²) < 4.78 is 1.55. The minimum absolute atomic E-state index is 0.250. The first-order valence-corrected chi connectivity index (χ1v) is 10.7. The first kappa shape index (κ1) is 22.7. The summed E-state index contributed by atoms with van der Waals surface area (Å²) in [7, 11) is 0. The van der Waals surface area contributed by atoms with Crippen molar-refractivity contribution in [1.29, 1.82) is 0 Å². The van der Waals surface area contributed by atoms with Crippen LogP contribution >= 0.6 is 0 Å². The Balaban J connectivity index is 1.63. The van der Waals surface area contributed by atoms with Gasteiger partial charge >= 0.3 is 6.03 Å². The lowest BCUT2D eigenvalue weighted by Gasteiger charge is -2.20. The molecule has 0 aliphatic heterocycles. The summed E-state index contributed by atoms with van der Waals surface area (Å²) in [5.74, 6) is 0.464. The van der Waals surface area contributed by atoms with Gasteiger partial charge in [-0.1, -0.05) is 12.1 Å². The zero-order valence-electron chi connectivity index (χ0n) is 19.4. The average Bonchev–Trinajstić information content (AvgIpc) is 3.14.